The van der Waals surface area contributed by atoms with Crippen LogP contribution in [0.15, 0.2) is 40.9 Å². The lowest BCUT2D eigenvalue weighted by Crippen LogP contribution is -2.42. The van der Waals surface area contributed by atoms with E-state index in [4.69, 9.17) is 9.47 Å². The Morgan fingerprint density at radius 2 is 1.70 bits per heavy atom. The number of rotatable bonds is 2. The maximum atomic E-state index is 12.0. The van der Waals surface area contributed by atoms with Gasteiger partial charge in [0.15, 0.2) is 5.57 Å². The molecule has 0 bridgehead atoms. The number of nitrogens with one attached hydrogen (secondary N) is 1. The fourth-order valence-corrected chi connectivity index (χ4v) is 3.09. The minimum Gasteiger partial charge on any atom is -0.419 e. The topological polar surface area (TPSA) is 84.9 Å². The number of carbonyl (C=O) groups excluding carboxylic acids is 3. The van der Waals surface area contributed by atoms with E-state index < -0.39 is 23.8 Å². The molecule has 2 aliphatic rings. The van der Waals surface area contributed by atoms with Crippen molar-refractivity contribution in [3.05, 3.63) is 46.5 Å². The number of hydrogen-bond acceptors (Lipinski definition) is 6. The number of nitrogens with zero attached hydrogens (tertiary/aromatic N) is 1. The number of amides is 2. The summed E-state index contributed by atoms with van der Waals surface area (Å²) in [4.78, 5) is 36.1. The van der Waals surface area contributed by atoms with E-state index in [2.05, 4.69) is 5.32 Å². The first kappa shape index (κ1) is 15.4. The van der Waals surface area contributed by atoms with Crippen LogP contribution in [0.2, 0.25) is 0 Å². The largest absolute Gasteiger partial charge is 0.419 e. The maximum Gasteiger partial charge on any atom is 0.351 e. The van der Waals surface area contributed by atoms with Crippen LogP contribution in [-0.4, -0.2) is 28.1 Å². The van der Waals surface area contributed by atoms with Gasteiger partial charge in [0.05, 0.1) is 6.54 Å². The number of cyclic esters (lactones) is 2. The van der Waals surface area contributed by atoms with Crippen LogP contribution in [0.5, 0.6) is 0 Å². The van der Waals surface area contributed by atoms with Crippen molar-refractivity contribution in [1.82, 2.24) is 9.62 Å². The Balaban J connectivity index is 1.81. The van der Waals surface area contributed by atoms with Gasteiger partial charge >= 0.3 is 18.0 Å². The summed E-state index contributed by atoms with van der Waals surface area (Å²) in [6, 6.07) is 8.96. The maximum absolute atomic E-state index is 12.0. The molecule has 2 fully saturated rings. The quantitative estimate of drug-likeness (QED) is 0.385. The first-order valence-electron chi connectivity index (χ1n) is 6.87. The predicted molar refractivity (Wildman–Crippen MR) is 81.4 cm³/mol. The van der Waals surface area contributed by atoms with Crippen LogP contribution in [0, 0.1) is 0 Å². The molecule has 0 atom stereocenters. The van der Waals surface area contributed by atoms with Gasteiger partial charge in [0.2, 0.25) is 0 Å². The lowest BCUT2D eigenvalue weighted by molar-refractivity contribution is -0.222. The molecular weight excluding hydrogens is 320 g/mol. The molecule has 2 saturated heterocycles. The summed E-state index contributed by atoms with van der Waals surface area (Å²) < 4.78 is 11.5. The molecular formula is C15H14N2O5S. The van der Waals surface area contributed by atoms with Gasteiger partial charge in [0, 0.05) is 25.8 Å². The predicted octanol–water partition coefficient (Wildman–Crippen LogP) is 1.91. The van der Waals surface area contributed by atoms with Crippen molar-refractivity contribution in [2.75, 3.05) is 0 Å². The van der Waals surface area contributed by atoms with Crippen LogP contribution < -0.4 is 5.32 Å². The molecule has 2 heterocycles. The summed E-state index contributed by atoms with van der Waals surface area (Å²) in [6.07, 6.45) is 0. The smallest absolute Gasteiger partial charge is 0.351 e. The number of urea groups is 1. The van der Waals surface area contributed by atoms with Gasteiger partial charge in [-0.05, 0) is 5.56 Å². The number of benzene rings is 1. The molecule has 120 valence electrons. The zero-order valence-corrected chi connectivity index (χ0v) is 13.3. The van der Waals surface area contributed by atoms with Crippen molar-refractivity contribution in [3.63, 3.8) is 0 Å². The summed E-state index contributed by atoms with van der Waals surface area (Å²) in [7, 11) is 0. The molecule has 2 aliphatic heterocycles. The standard InChI is InChI=1S/C15H14N2O5S/c1-15(2)21-12(18)10(13(19)22-15)11-16-14(20)17(23-11)8-9-6-4-3-5-7-9/h3-7H,8H2,1-2H3,(H,16,20). The van der Waals surface area contributed by atoms with Crippen molar-refractivity contribution in [1.29, 1.82) is 0 Å². The summed E-state index contributed by atoms with van der Waals surface area (Å²) >= 11 is 0.978. The highest BCUT2D eigenvalue weighted by Crippen LogP contribution is 2.34. The highest BCUT2D eigenvalue weighted by Gasteiger charge is 2.43. The third-order valence-electron chi connectivity index (χ3n) is 3.13. The lowest BCUT2D eigenvalue weighted by Gasteiger charge is -2.30. The van der Waals surface area contributed by atoms with Gasteiger partial charge in [-0.25, -0.2) is 14.4 Å². The Morgan fingerprint density at radius 1 is 1.09 bits per heavy atom. The minimum absolute atomic E-state index is 0.122. The molecule has 0 unspecified atom stereocenters. The third-order valence-corrected chi connectivity index (χ3v) is 4.13. The second-order valence-corrected chi connectivity index (χ2v) is 6.46. The normalized spacial score (nSPS) is 20.3. The molecule has 3 rings (SSSR count). The molecule has 1 aromatic carbocycles. The van der Waals surface area contributed by atoms with Gasteiger partial charge < -0.3 is 9.47 Å². The van der Waals surface area contributed by atoms with Gasteiger partial charge in [0.1, 0.15) is 5.03 Å². The minimum atomic E-state index is -1.31. The van der Waals surface area contributed by atoms with E-state index in [1.165, 1.54) is 18.2 Å². The first-order chi connectivity index (χ1) is 10.9. The van der Waals surface area contributed by atoms with Crippen molar-refractivity contribution in [3.8, 4) is 0 Å². The zero-order chi connectivity index (χ0) is 16.6. The SMILES string of the molecule is CC1(C)OC(=O)C(=C2NC(=O)N(Cc3ccccc3)S2)C(=O)O1. The van der Waals surface area contributed by atoms with Crippen LogP contribution in [0.3, 0.4) is 0 Å². The Labute approximate surface area is 136 Å². The fourth-order valence-electron chi connectivity index (χ4n) is 2.13. The van der Waals surface area contributed by atoms with Gasteiger partial charge in [-0.15, -0.1) is 0 Å². The fraction of sp³-hybridized carbons (Fsp3) is 0.267. The molecule has 0 aliphatic carbocycles. The van der Waals surface area contributed by atoms with E-state index in [1.807, 2.05) is 30.3 Å². The molecule has 0 saturated carbocycles. The van der Waals surface area contributed by atoms with Gasteiger partial charge in [0.25, 0.3) is 5.79 Å². The highest BCUT2D eigenvalue weighted by molar-refractivity contribution is 8.01. The van der Waals surface area contributed by atoms with Gasteiger partial charge in [-0.2, -0.15) is 0 Å². The van der Waals surface area contributed by atoms with E-state index >= 15 is 0 Å². The van der Waals surface area contributed by atoms with E-state index in [1.54, 1.807) is 0 Å². The summed E-state index contributed by atoms with van der Waals surface area (Å²) in [6.45, 7) is 3.27. The van der Waals surface area contributed by atoms with Crippen LogP contribution in [-0.2, 0) is 25.6 Å². The van der Waals surface area contributed by atoms with Crippen LogP contribution in [0.4, 0.5) is 4.79 Å². The van der Waals surface area contributed by atoms with Crippen molar-refractivity contribution in [2.24, 2.45) is 0 Å². The molecule has 8 heteroatoms. The summed E-state index contributed by atoms with van der Waals surface area (Å²) in [5, 5.41) is 2.63. The molecule has 2 amide bonds. The van der Waals surface area contributed by atoms with Gasteiger partial charge in [-0.3, -0.25) is 9.62 Å². The Kier molecular flexibility index (Phi) is 3.77. The highest BCUT2D eigenvalue weighted by atomic mass is 32.2. The van der Waals surface area contributed by atoms with Crippen molar-refractivity contribution in [2.45, 2.75) is 26.2 Å². The summed E-state index contributed by atoms with van der Waals surface area (Å²) in [5.41, 5.74) is 0.634. The average Bonchev–Trinajstić information content (AvgIpc) is 2.78. The van der Waals surface area contributed by atoms with Crippen molar-refractivity contribution >= 4 is 29.9 Å². The molecule has 0 spiro atoms. The monoisotopic (exact) mass is 334 g/mol. The van der Waals surface area contributed by atoms with Crippen molar-refractivity contribution < 1.29 is 23.9 Å². The molecule has 0 radical (unpaired) electrons. The van der Waals surface area contributed by atoms with Crippen LogP contribution >= 0.6 is 11.9 Å². The number of carbonyl (C=O) groups is 3. The Hall–Kier alpha value is -2.48. The molecule has 7 nitrogen and oxygen atoms in total. The van der Waals surface area contributed by atoms with E-state index in [9.17, 15) is 14.4 Å². The zero-order valence-electron chi connectivity index (χ0n) is 12.5. The Bertz CT molecular complexity index is 692. The molecule has 1 aromatic rings. The molecule has 0 aromatic heterocycles. The second-order valence-electron chi connectivity index (χ2n) is 5.43. The van der Waals surface area contributed by atoms with Gasteiger partial charge in [-0.1, -0.05) is 30.3 Å². The second kappa shape index (κ2) is 5.62. The first-order valence-corrected chi connectivity index (χ1v) is 7.64. The average molecular weight is 334 g/mol. The number of esters is 2. The van der Waals surface area contributed by atoms with E-state index in [-0.39, 0.29) is 10.6 Å². The molecule has 1 N–H and O–H groups in total. The Morgan fingerprint density at radius 3 is 2.30 bits per heavy atom. The lowest BCUT2D eigenvalue weighted by atomic mass is 10.2. The van der Waals surface area contributed by atoms with E-state index in [0.29, 0.717) is 6.54 Å². The van der Waals surface area contributed by atoms with Crippen LogP contribution in [0.25, 0.3) is 0 Å². The van der Waals surface area contributed by atoms with Crippen LogP contribution in [0.1, 0.15) is 19.4 Å². The molecule has 23 heavy (non-hydrogen) atoms. The number of hydrogen-bond donors (Lipinski definition) is 1. The number of ether oxygens (including phenoxy) is 2. The van der Waals surface area contributed by atoms with E-state index in [0.717, 1.165) is 17.5 Å². The third kappa shape index (κ3) is 3.16. The summed E-state index contributed by atoms with van der Waals surface area (Å²) in [5.74, 6) is -2.93.